The molecule has 78 valence electrons. The highest BCUT2D eigenvalue weighted by molar-refractivity contribution is 6.21. The predicted molar refractivity (Wildman–Crippen MR) is 62.8 cm³/mol. The van der Waals surface area contributed by atoms with Gasteiger partial charge in [0.2, 0.25) is 0 Å². The summed E-state index contributed by atoms with van der Waals surface area (Å²) in [6, 6.07) is 6.33. The fourth-order valence-electron chi connectivity index (χ4n) is 2.17. The van der Waals surface area contributed by atoms with Crippen LogP contribution in [0.15, 0.2) is 24.3 Å². The summed E-state index contributed by atoms with van der Waals surface area (Å²) in [7, 11) is 0. The standard InChI is InChI=1S/C14H16O/c1-10-7-11(2)9-12(8-10)13-5-3-4-6-14(13)15/h5,7-9H,3-4,6H2,1-2H3. The number of Topliss-reactive ketones (excluding diaryl/α,β-unsaturated/α-hetero) is 1. The largest absolute Gasteiger partial charge is 0.294 e. The van der Waals surface area contributed by atoms with E-state index >= 15 is 0 Å². The molecule has 0 spiro atoms. The van der Waals surface area contributed by atoms with E-state index in [4.69, 9.17) is 0 Å². The lowest BCUT2D eigenvalue weighted by Crippen LogP contribution is -2.06. The van der Waals surface area contributed by atoms with E-state index in [0.29, 0.717) is 12.2 Å². The van der Waals surface area contributed by atoms with Crippen LogP contribution in [0.25, 0.3) is 5.57 Å². The first-order valence-corrected chi connectivity index (χ1v) is 5.49. The molecule has 0 aliphatic heterocycles. The first-order valence-electron chi connectivity index (χ1n) is 5.49. The van der Waals surface area contributed by atoms with Crippen molar-refractivity contribution in [2.45, 2.75) is 33.1 Å². The van der Waals surface area contributed by atoms with E-state index in [1.165, 1.54) is 11.1 Å². The van der Waals surface area contributed by atoms with E-state index in [-0.39, 0.29) is 0 Å². The molecule has 1 aliphatic rings. The number of benzene rings is 1. The van der Waals surface area contributed by atoms with Gasteiger partial charge in [0.15, 0.2) is 5.78 Å². The van der Waals surface area contributed by atoms with Gasteiger partial charge in [-0.3, -0.25) is 4.79 Å². The summed E-state index contributed by atoms with van der Waals surface area (Å²) in [5.41, 5.74) is 4.47. The summed E-state index contributed by atoms with van der Waals surface area (Å²) in [6.45, 7) is 4.15. The number of carbonyl (C=O) groups excluding carboxylic acids is 1. The van der Waals surface area contributed by atoms with Crippen LogP contribution in [0.4, 0.5) is 0 Å². The van der Waals surface area contributed by atoms with Crippen LogP contribution < -0.4 is 0 Å². The molecule has 0 saturated heterocycles. The van der Waals surface area contributed by atoms with E-state index in [9.17, 15) is 4.79 Å². The number of hydrogen-bond acceptors (Lipinski definition) is 1. The van der Waals surface area contributed by atoms with Crippen LogP contribution >= 0.6 is 0 Å². The average Bonchev–Trinajstić information content (AvgIpc) is 2.16. The van der Waals surface area contributed by atoms with Gasteiger partial charge >= 0.3 is 0 Å². The number of rotatable bonds is 1. The van der Waals surface area contributed by atoms with Gasteiger partial charge < -0.3 is 0 Å². The summed E-state index contributed by atoms with van der Waals surface area (Å²) in [5.74, 6) is 0.297. The minimum absolute atomic E-state index is 0.297. The minimum Gasteiger partial charge on any atom is -0.294 e. The maximum Gasteiger partial charge on any atom is 0.163 e. The molecule has 0 unspecified atom stereocenters. The number of carbonyl (C=O) groups is 1. The van der Waals surface area contributed by atoms with Crippen LogP contribution in [0.3, 0.4) is 0 Å². The molecule has 0 amide bonds. The Morgan fingerprint density at radius 3 is 2.33 bits per heavy atom. The smallest absolute Gasteiger partial charge is 0.163 e. The molecule has 1 aromatic rings. The Bertz CT molecular complexity index is 407. The Hall–Kier alpha value is -1.37. The van der Waals surface area contributed by atoms with Crippen molar-refractivity contribution in [3.05, 3.63) is 41.0 Å². The summed E-state index contributed by atoms with van der Waals surface area (Å²) in [6.07, 6.45) is 4.83. The van der Waals surface area contributed by atoms with Crippen LogP contribution in [0.2, 0.25) is 0 Å². The number of allylic oxidation sites excluding steroid dienone is 2. The van der Waals surface area contributed by atoms with Crippen molar-refractivity contribution in [2.24, 2.45) is 0 Å². The van der Waals surface area contributed by atoms with Gasteiger partial charge in [0, 0.05) is 12.0 Å². The highest BCUT2D eigenvalue weighted by atomic mass is 16.1. The van der Waals surface area contributed by atoms with Gasteiger partial charge in [0.25, 0.3) is 0 Å². The zero-order valence-corrected chi connectivity index (χ0v) is 9.34. The number of aryl methyl sites for hydroxylation is 2. The topological polar surface area (TPSA) is 17.1 Å². The molecule has 0 aromatic heterocycles. The van der Waals surface area contributed by atoms with E-state index in [0.717, 1.165) is 24.0 Å². The van der Waals surface area contributed by atoms with E-state index in [2.05, 4.69) is 38.1 Å². The number of ketones is 1. The molecule has 2 rings (SSSR count). The van der Waals surface area contributed by atoms with Crippen molar-refractivity contribution in [1.29, 1.82) is 0 Å². The molecule has 0 saturated carbocycles. The molecule has 0 fully saturated rings. The monoisotopic (exact) mass is 200 g/mol. The van der Waals surface area contributed by atoms with Crippen molar-refractivity contribution >= 4 is 11.4 Å². The molecule has 1 aliphatic carbocycles. The van der Waals surface area contributed by atoms with E-state index in [1.54, 1.807) is 0 Å². The summed E-state index contributed by atoms with van der Waals surface area (Å²) < 4.78 is 0. The first-order chi connectivity index (χ1) is 7.16. The fraction of sp³-hybridized carbons (Fsp3) is 0.357. The van der Waals surface area contributed by atoms with Gasteiger partial charge in [-0.05, 0) is 32.3 Å². The molecule has 0 N–H and O–H groups in total. The second-order valence-corrected chi connectivity index (χ2v) is 4.31. The van der Waals surface area contributed by atoms with Crippen molar-refractivity contribution in [3.8, 4) is 0 Å². The van der Waals surface area contributed by atoms with Gasteiger partial charge in [-0.25, -0.2) is 0 Å². The summed E-state index contributed by atoms with van der Waals surface area (Å²) >= 11 is 0. The van der Waals surface area contributed by atoms with Gasteiger partial charge in [0.1, 0.15) is 0 Å². The van der Waals surface area contributed by atoms with Crippen LogP contribution in [-0.2, 0) is 4.79 Å². The van der Waals surface area contributed by atoms with Crippen LogP contribution in [0.5, 0.6) is 0 Å². The number of hydrogen-bond donors (Lipinski definition) is 0. The van der Waals surface area contributed by atoms with E-state index in [1.807, 2.05) is 0 Å². The molecular formula is C14H16O. The Morgan fingerprint density at radius 1 is 1.07 bits per heavy atom. The Balaban J connectivity index is 2.44. The third-order valence-corrected chi connectivity index (χ3v) is 2.79. The molecule has 1 nitrogen and oxygen atoms in total. The third kappa shape index (κ3) is 2.17. The Morgan fingerprint density at radius 2 is 1.73 bits per heavy atom. The molecule has 1 aromatic carbocycles. The molecule has 0 radical (unpaired) electrons. The molecule has 0 atom stereocenters. The lowest BCUT2D eigenvalue weighted by atomic mass is 9.91. The fourth-order valence-corrected chi connectivity index (χ4v) is 2.17. The molecule has 15 heavy (non-hydrogen) atoms. The van der Waals surface area contributed by atoms with E-state index < -0.39 is 0 Å². The highest BCUT2D eigenvalue weighted by Gasteiger charge is 2.15. The molecular weight excluding hydrogens is 184 g/mol. The van der Waals surface area contributed by atoms with Crippen molar-refractivity contribution < 1.29 is 4.79 Å². The average molecular weight is 200 g/mol. The van der Waals surface area contributed by atoms with Gasteiger partial charge in [-0.2, -0.15) is 0 Å². The van der Waals surface area contributed by atoms with Crippen LogP contribution in [0.1, 0.15) is 36.0 Å². The Labute approximate surface area is 90.8 Å². The zero-order valence-electron chi connectivity index (χ0n) is 9.34. The molecule has 1 heteroatoms. The molecule has 0 heterocycles. The minimum atomic E-state index is 0.297. The summed E-state index contributed by atoms with van der Waals surface area (Å²) in [5, 5.41) is 0. The van der Waals surface area contributed by atoms with Crippen molar-refractivity contribution in [1.82, 2.24) is 0 Å². The van der Waals surface area contributed by atoms with Crippen LogP contribution in [-0.4, -0.2) is 5.78 Å². The van der Waals surface area contributed by atoms with Crippen LogP contribution in [0, 0.1) is 13.8 Å². The van der Waals surface area contributed by atoms with Gasteiger partial charge in [-0.15, -0.1) is 0 Å². The maximum absolute atomic E-state index is 11.7. The normalized spacial score (nSPS) is 16.4. The van der Waals surface area contributed by atoms with Crippen molar-refractivity contribution in [3.63, 3.8) is 0 Å². The Kier molecular flexibility index (Phi) is 2.72. The maximum atomic E-state index is 11.7. The highest BCUT2D eigenvalue weighted by Crippen LogP contribution is 2.25. The lowest BCUT2D eigenvalue weighted by molar-refractivity contribution is -0.114. The molecule has 0 bridgehead atoms. The summed E-state index contributed by atoms with van der Waals surface area (Å²) in [4.78, 5) is 11.7. The third-order valence-electron chi connectivity index (χ3n) is 2.79. The lowest BCUT2D eigenvalue weighted by Gasteiger charge is -2.13. The quantitative estimate of drug-likeness (QED) is 0.678. The zero-order chi connectivity index (χ0) is 10.8. The first kappa shape index (κ1) is 10.2. The predicted octanol–water partition coefficient (Wildman–Crippen LogP) is 3.44. The second-order valence-electron chi connectivity index (χ2n) is 4.31. The van der Waals surface area contributed by atoms with Crippen molar-refractivity contribution in [2.75, 3.05) is 0 Å². The second kappa shape index (κ2) is 4.01. The SMILES string of the molecule is Cc1cc(C)cc(C2=CCCCC2=O)c1. The van der Waals surface area contributed by atoms with Gasteiger partial charge in [0.05, 0.1) is 0 Å². The van der Waals surface area contributed by atoms with Gasteiger partial charge in [-0.1, -0.05) is 35.4 Å².